The highest BCUT2D eigenvalue weighted by molar-refractivity contribution is 5.96. The van der Waals surface area contributed by atoms with Crippen LogP contribution < -0.4 is 26.8 Å². The molecule has 0 saturated heterocycles. The number of aromatic amines is 1. The monoisotopic (exact) mass is 831 g/mol. The Bertz CT molecular complexity index is 2210. The van der Waals surface area contributed by atoms with Crippen LogP contribution in [0.3, 0.4) is 0 Å². The van der Waals surface area contributed by atoms with Gasteiger partial charge in [0.2, 0.25) is 23.6 Å². The van der Waals surface area contributed by atoms with Gasteiger partial charge < -0.3 is 30.8 Å². The first-order chi connectivity index (χ1) is 29.4. The second-order valence-corrected chi connectivity index (χ2v) is 15.2. The summed E-state index contributed by atoms with van der Waals surface area (Å²) in [4.78, 5) is 86.1. The summed E-state index contributed by atoms with van der Waals surface area (Å²) >= 11 is 0. The lowest BCUT2D eigenvalue weighted by Crippen LogP contribution is -2.57. The predicted molar refractivity (Wildman–Crippen MR) is 228 cm³/mol. The number of alkyl carbamates (subject to hydrolysis) is 1. The molecule has 0 saturated carbocycles. The van der Waals surface area contributed by atoms with Crippen LogP contribution in [0.25, 0.3) is 10.8 Å². The maximum absolute atomic E-state index is 14.2. The molecule has 4 atom stereocenters. The first kappa shape index (κ1) is 45.2. The number of Topliss-reactive ketones (excluding diaryl/α,β-unsaturated/α-hetero) is 1. The van der Waals surface area contributed by atoms with E-state index in [2.05, 4.69) is 36.8 Å². The molecule has 0 bridgehead atoms. The molecule has 0 spiro atoms. The van der Waals surface area contributed by atoms with Crippen LogP contribution in [0.4, 0.5) is 4.79 Å². The van der Waals surface area contributed by atoms with E-state index < -0.39 is 60.4 Å². The van der Waals surface area contributed by atoms with Crippen molar-refractivity contribution in [3.05, 3.63) is 138 Å². The second kappa shape index (κ2) is 23.1. The summed E-state index contributed by atoms with van der Waals surface area (Å²) in [6.07, 6.45) is 1.01. The van der Waals surface area contributed by atoms with Crippen LogP contribution in [0, 0.1) is 5.92 Å². The Labute approximate surface area is 354 Å². The Morgan fingerprint density at radius 2 is 1.38 bits per heavy atom. The summed E-state index contributed by atoms with van der Waals surface area (Å²) in [5.41, 5.74) is 7.22. The van der Waals surface area contributed by atoms with Gasteiger partial charge in [0.05, 0.1) is 24.9 Å². The number of aliphatic hydroxyl groups is 1. The smallest absolute Gasteiger partial charge is 0.408 e. The topological polar surface area (TPSA) is 221 Å². The molecule has 0 fully saturated rings. The van der Waals surface area contributed by atoms with Gasteiger partial charge in [0.15, 0.2) is 5.78 Å². The summed E-state index contributed by atoms with van der Waals surface area (Å²) < 4.78 is 5.47. The summed E-state index contributed by atoms with van der Waals surface area (Å²) in [5.74, 6) is -2.65. The maximum Gasteiger partial charge on any atom is 0.408 e. The van der Waals surface area contributed by atoms with E-state index in [1.165, 1.54) is 12.5 Å². The number of ether oxygens (including phenoxy) is 1. The highest BCUT2D eigenvalue weighted by Crippen LogP contribution is 2.20. The molecule has 5 aromatic rings. The van der Waals surface area contributed by atoms with Gasteiger partial charge in [0, 0.05) is 43.1 Å². The first-order valence-electron chi connectivity index (χ1n) is 20.3. The van der Waals surface area contributed by atoms with E-state index in [9.17, 15) is 33.9 Å². The van der Waals surface area contributed by atoms with Gasteiger partial charge in [-0.3, -0.25) is 34.8 Å². The molecule has 15 nitrogen and oxygen atoms in total. The van der Waals surface area contributed by atoms with E-state index in [-0.39, 0.29) is 56.8 Å². The molecular weight excluding hydrogens is 779 g/mol. The van der Waals surface area contributed by atoms with Crippen molar-refractivity contribution in [2.75, 3.05) is 0 Å². The van der Waals surface area contributed by atoms with Crippen LogP contribution in [0.1, 0.15) is 73.1 Å². The van der Waals surface area contributed by atoms with Crippen LogP contribution in [-0.2, 0) is 43.4 Å². The minimum absolute atomic E-state index is 0.00985. The molecule has 0 unspecified atom stereocenters. The van der Waals surface area contributed by atoms with Gasteiger partial charge >= 0.3 is 6.09 Å². The number of hydrogen-bond acceptors (Lipinski definition) is 9. The van der Waals surface area contributed by atoms with E-state index in [1.807, 2.05) is 80.6 Å². The number of amides is 5. The van der Waals surface area contributed by atoms with E-state index in [0.29, 0.717) is 11.3 Å². The predicted octanol–water partition coefficient (Wildman–Crippen LogP) is 4.61. The number of ketones is 1. The lowest BCUT2D eigenvalue weighted by Gasteiger charge is -2.29. The quantitative estimate of drug-likeness (QED) is 0.0405. The molecule has 61 heavy (non-hydrogen) atoms. The van der Waals surface area contributed by atoms with Gasteiger partial charge in [0.1, 0.15) is 18.7 Å². The number of hydrazine groups is 1. The van der Waals surface area contributed by atoms with Crippen LogP contribution >= 0.6 is 0 Å². The van der Waals surface area contributed by atoms with Crippen molar-refractivity contribution in [2.24, 2.45) is 5.92 Å². The van der Waals surface area contributed by atoms with E-state index in [4.69, 9.17) is 4.74 Å². The number of nitrogens with one attached hydrogen (secondary N) is 6. The zero-order chi connectivity index (χ0) is 43.6. The second-order valence-electron chi connectivity index (χ2n) is 15.2. The molecule has 7 N–H and O–H groups in total. The van der Waals surface area contributed by atoms with Crippen molar-refractivity contribution in [2.45, 2.75) is 89.6 Å². The fourth-order valence-electron chi connectivity index (χ4n) is 6.77. The highest BCUT2D eigenvalue weighted by Gasteiger charge is 2.32. The Kier molecular flexibility index (Phi) is 17.1. The van der Waals surface area contributed by atoms with Crippen molar-refractivity contribution in [1.29, 1.82) is 0 Å². The molecule has 0 radical (unpaired) electrons. The Morgan fingerprint density at radius 1 is 0.721 bits per heavy atom. The number of benzene rings is 4. The molecule has 0 aliphatic rings. The lowest BCUT2D eigenvalue weighted by atomic mass is 9.96. The highest BCUT2D eigenvalue weighted by atomic mass is 16.5. The van der Waals surface area contributed by atoms with Gasteiger partial charge in [0.25, 0.3) is 0 Å². The third-order valence-corrected chi connectivity index (χ3v) is 9.89. The molecule has 5 rings (SSSR count). The molecule has 15 heteroatoms. The maximum atomic E-state index is 14.2. The zero-order valence-electron chi connectivity index (χ0n) is 34.3. The number of fused-ring (bicyclic) bond motifs is 1. The van der Waals surface area contributed by atoms with Gasteiger partial charge in [-0.1, -0.05) is 117 Å². The van der Waals surface area contributed by atoms with Crippen LogP contribution in [-0.4, -0.2) is 74.8 Å². The summed E-state index contributed by atoms with van der Waals surface area (Å²) in [6, 6.07) is 27.8. The average Bonchev–Trinajstić information content (AvgIpc) is 3.78. The minimum Gasteiger partial charge on any atom is -0.445 e. The molecule has 1 aromatic heterocycles. The van der Waals surface area contributed by atoms with Gasteiger partial charge in [-0.2, -0.15) is 0 Å². The van der Waals surface area contributed by atoms with Gasteiger partial charge in [-0.25, -0.2) is 9.78 Å². The van der Waals surface area contributed by atoms with E-state index in [1.54, 1.807) is 36.4 Å². The number of nitrogens with zero attached hydrogens (tertiary/aromatic N) is 1. The van der Waals surface area contributed by atoms with Crippen LogP contribution in [0.2, 0.25) is 0 Å². The Balaban J connectivity index is 1.24. The molecule has 0 aliphatic carbocycles. The van der Waals surface area contributed by atoms with E-state index >= 15 is 0 Å². The number of rotatable bonds is 21. The number of imidazole rings is 1. The summed E-state index contributed by atoms with van der Waals surface area (Å²) in [5, 5.41) is 21.4. The van der Waals surface area contributed by atoms with Crippen molar-refractivity contribution in [1.82, 2.24) is 36.8 Å². The van der Waals surface area contributed by atoms with Crippen molar-refractivity contribution < 1.29 is 38.6 Å². The zero-order valence-corrected chi connectivity index (χ0v) is 34.3. The molecule has 5 amide bonds. The third kappa shape index (κ3) is 14.7. The summed E-state index contributed by atoms with van der Waals surface area (Å²) in [7, 11) is 0. The normalized spacial score (nSPS) is 13.0. The Morgan fingerprint density at radius 3 is 2.10 bits per heavy atom. The number of carbonyl (C=O) groups is 6. The van der Waals surface area contributed by atoms with Crippen LogP contribution in [0.5, 0.6) is 0 Å². The van der Waals surface area contributed by atoms with Crippen molar-refractivity contribution in [3.63, 3.8) is 0 Å². The number of H-pyrrole nitrogens is 1. The van der Waals surface area contributed by atoms with Crippen molar-refractivity contribution in [3.8, 4) is 0 Å². The third-order valence-electron chi connectivity index (χ3n) is 9.89. The SMILES string of the molecule is CC(C)C[C@H](NC(=O)[C@H](Cc1cnc[nH]1)NC(=O)[C@H](Cc1cccc2ccccc12)NC(=O)OCc1ccccc1)[C@@H](O)CC(=O)NNC(=O)CCCC(=O)c1ccccc1. The minimum atomic E-state index is -1.38. The summed E-state index contributed by atoms with van der Waals surface area (Å²) in [6.45, 7) is 3.75. The van der Waals surface area contributed by atoms with Crippen LogP contribution in [0.15, 0.2) is 116 Å². The first-order valence-corrected chi connectivity index (χ1v) is 20.3. The van der Waals surface area contributed by atoms with Gasteiger partial charge in [-0.05, 0) is 40.7 Å². The van der Waals surface area contributed by atoms with E-state index in [0.717, 1.165) is 21.9 Å². The van der Waals surface area contributed by atoms with Gasteiger partial charge in [-0.15, -0.1) is 0 Å². The fraction of sp³-hybridized carbons (Fsp3) is 0.326. The average molecular weight is 832 g/mol. The number of carbonyl (C=O) groups excluding carboxylic acids is 6. The standard InChI is InChI=1S/C46H53N7O8/c1-30(2)23-37(41(55)26-43(57)53-52-42(56)22-12-21-40(54)33-16-7-4-8-17-33)49-45(59)39(25-35-27-47-29-48-35)50-44(58)38(51-46(60)61-28-31-13-5-3-6-14-31)24-34-19-11-18-32-15-9-10-20-36(32)34/h3-11,13-20,27,29-30,37-39,41,55H,12,21-26,28H2,1-2H3,(H,47,48)(H,49,59)(H,50,58)(H,51,60)(H,52,56)(H,53,57)/t37-,38-,39-,41-/m0/s1. The number of aromatic nitrogens is 2. The Hall–Kier alpha value is -6.87. The molecule has 1 heterocycles. The number of aliphatic hydroxyl groups excluding tert-OH is 1. The molecule has 4 aromatic carbocycles. The number of hydrogen-bond donors (Lipinski definition) is 7. The lowest BCUT2D eigenvalue weighted by molar-refractivity contribution is -0.132. The fourth-order valence-corrected chi connectivity index (χ4v) is 6.77. The molecule has 320 valence electrons. The molecule has 0 aliphatic heterocycles. The molecular formula is C46H53N7O8. The largest absolute Gasteiger partial charge is 0.445 e. The van der Waals surface area contributed by atoms with Crippen molar-refractivity contribution >= 4 is 46.3 Å².